The predicted molar refractivity (Wildman–Crippen MR) is 80.6 cm³/mol. The minimum atomic E-state index is -1.17. The van der Waals surface area contributed by atoms with Crippen LogP contribution in [0.25, 0.3) is 6.08 Å². The Labute approximate surface area is 130 Å². The topological polar surface area (TPSA) is 75.6 Å². The second-order valence-electron chi connectivity index (χ2n) is 4.41. The van der Waals surface area contributed by atoms with Gasteiger partial charge in [0.1, 0.15) is 18.4 Å². The van der Waals surface area contributed by atoms with Gasteiger partial charge in [-0.25, -0.2) is 4.79 Å². The van der Waals surface area contributed by atoms with Crippen molar-refractivity contribution >= 4 is 33.9 Å². The van der Waals surface area contributed by atoms with Gasteiger partial charge >= 0.3 is 5.97 Å². The maximum Gasteiger partial charge on any atom is 0.327 e. The zero-order valence-corrected chi connectivity index (χ0v) is 12.5. The molecule has 0 fully saturated rings. The van der Waals surface area contributed by atoms with Gasteiger partial charge < -0.3 is 15.2 Å². The lowest BCUT2D eigenvalue weighted by molar-refractivity contribution is -0.141. The van der Waals surface area contributed by atoms with Gasteiger partial charge in [0.15, 0.2) is 0 Å². The molecule has 1 aliphatic rings. The van der Waals surface area contributed by atoms with Crippen LogP contribution >= 0.6 is 15.9 Å². The molecule has 1 unspecified atom stereocenters. The third kappa shape index (κ3) is 3.64. The quantitative estimate of drug-likeness (QED) is 0.813. The first-order valence-electron chi connectivity index (χ1n) is 6.11. The molecule has 0 aliphatic carbocycles. The largest absolute Gasteiger partial charge is 0.488 e. The second kappa shape index (κ2) is 6.46. The summed E-state index contributed by atoms with van der Waals surface area (Å²) in [5.41, 5.74) is 1.11. The van der Waals surface area contributed by atoms with Crippen molar-refractivity contribution in [2.75, 3.05) is 6.61 Å². The number of nitrogens with one attached hydrogen (secondary N) is 1. The van der Waals surface area contributed by atoms with E-state index < -0.39 is 17.9 Å². The number of aliphatic carboxylic acids is 1. The normalized spacial score (nSPS) is 14.0. The van der Waals surface area contributed by atoms with Crippen molar-refractivity contribution in [3.8, 4) is 18.1 Å². The summed E-state index contributed by atoms with van der Waals surface area (Å²) in [5, 5.41) is 11.4. The lowest BCUT2D eigenvalue weighted by Gasteiger charge is -2.19. The molecule has 0 spiro atoms. The Balaban J connectivity index is 2.17. The number of ether oxygens (including phenoxy) is 1. The van der Waals surface area contributed by atoms with Gasteiger partial charge in [-0.15, -0.1) is 12.3 Å². The molecular weight excluding hydrogens is 338 g/mol. The zero-order valence-electron chi connectivity index (χ0n) is 10.9. The van der Waals surface area contributed by atoms with Gasteiger partial charge in [-0.05, 0) is 24.3 Å². The van der Waals surface area contributed by atoms with Crippen molar-refractivity contribution in [2.45, 2.75) is 12.5 Å². The van der Waals surface area contributed by atoms with Gasteiger partial charge in [0, 0.05) is 16.5 Å². The standard InChI is InChI=1S/C15H12BrNO4/c1-2-3-12(15(19)20)17-14(18)10-6-9-7-11(16)4-5-13(9)21-8-10/h1,4-7,12H,3,8H2,(H,17,18)(H,19,20). The first-order chi connectivity index (χ1) is 10.0. The molecule has 5 nitrogen and oxygen atoms in total. The van der Waals surface area contributed by atoms with Gasteiger partial charge in [0.25, 0.3) is 5.91 Å². The molecule has 0 saturated heterocycles. The van der Waals surface area contributed by atoms with Crippen molar-refractivity contribution in [2.24, 2.45) is 0 Å². The van der Waals surface area contributed by atoms with Crippen LogP contribution in [0, 0.1) is 12.3 Å². The van der Waals surface area contributed by atoms with Crippen LogP contribution in [0.15, 0.2) is 28.2 Å². The molecule has 2 rings (SSSR count). The number of carbonyl (C=O) groups is 2. The van der Waals surface area contributed by atoms with E-state index in [0.717, 1.165) is 10.0 Å². The van der Waals surface area contributed by atoms with Crippen LogP contribution < -0.4 is 10.1 Å². The third-order valence-electron chi connectivity index (χ3n) is 2.90. The summed E-state index contributed by atoms with van der Waals surface area (Å²) in [4.78, 5) is 23.1. The lowest BCUT2D eigenvalue weighted by atomic mass is 10.1. The van der Waals surface area contributed by atoms with Gasteiger partial charge in [-0.2, -0.15) is 0 Å². The first kappa shape index (κ1) is 15.1. The summed E-state index contributed by atoms with van der Waals surface area (Å²) in [7, 11) is 0. The molecule has 2 N–H and O–H groups in total. The molecule has 1 amide bonds. The summed E-state index contributed by atoms with van der Waals surface area (Å²) in [6.45, 7) is 0.0862. The average Bonchev–Trinajstić information content (AvgIpc) is 2.45. The molecule has 0 radical (unpaired) electrons. The maximum absolute atomic E-state index is 12.1. The van der Waals surface area contributed by atoms with Gasteiger partial charge in [0.05, 0.1) is 5.57 Å². The molecule has 21 heavy (non-hydrogen) atoms. The highest BCUT2D eigenvalue weighted by atomic mass is 79.9. The fraction of sp³-hybridized carbons (Fsp3) is 0.200. The monoisotopic (exact) mass is 349 g/mol. The number of terminal acetylenes is 1. The van der Waals surface area contributed by atoms with Gasteiger partial charge in [-0.3, -0.25) is 4.79 Å². The van der Waals surface area contributed by atoms with Crippen LogP contribution in [-0.2, 0) is 9.59 Å². The minimum absolute atomic E-state index is 0.0721. The van der Waals surface area contributed by atoms with Crippen LogP contribution in [-0.4, -0.2) is 29.6 Å². The summed E-state index contributed by atoms with van der Waals surface area (Å²) in [5.74, 6) is 1.24. The van der Waals surface area contributed by atoms with Crippen molar-refractivity contribution in [3.63, 3.8) is 0 Å². The van der Waals surface area contributed by atoms with E-state index in [2.05, 4.69) is 27.2 Å². The smallest absolute Gasteiger partial charge is 0.327 e. The number of carboxylic acids is 1. The summed E-state index contributed by atoms with van der Waals surface area (Å²) < 4.78 is 6.34. The number of hydrogen-bond donors (Lipinski definition) is 2. The van der Waals surface area contributed by atoms with E-state index in [4.69, 9.17) is 16.3 Å². The van der Waals surface area contributed by atoms with E-state index in [9.17, 15) is 9.59 Å². The molecule has 1 heterocycles. The van der Waals surface area contributed by atoms with Crippen LogP contribution in [0.5, 0.6) is 5.75 Å². The SMILES string of the molecule is C#CCC(NC(=O)C1=Cc2cc(Br)ccc2OC1)C(=O)O. The van der Waals surface area contributed by atoms with E-state index in [0.29, 0.717) is 11.3 Å². The minimum Gasteiger partial charge on any atom is -0.488 e. The van der Waals surface area contributed by atoms with Crippen molar-refractivity contribution in [1.82, 2.24) is 5.32 Å². The maximum atomic E-state index is 12.1. The van der Waals surface area contributed by atoms with E-state index in [1.807, 2.05) is 12.1 Å². The number of amides is 1. The van der Waals surface area contributed by atoms with Crippen molar-refractivity contribution < 1.29 is 19.4 Å². The Morgan fingerprint density at radius 1 is 1.52 bits per heavy atom. The van der Waals surface area contributed by atoms with Gasteiger partial charge in [-0.1, -0.05) is 15.9 Å². The number of rotatable bonds is 4. The summed E-state index contributed by atoms with van der Waals surface area (Å²) in [6, 6.07) is 4.35. The Morgan fingerprint density at radius 2 is 2.29 bits per heavy atom. The molecule has 1 aromatic carbocycles. The molecule has 0 bridgehead atoms. The van der Waals surface area contributed by atoms with Crippen LogP contribution in [0.3, 0.4) is 0 Å². The fourth-order valence-corrected chi connectivity index (χ4v) is 2.23. The summed E-state index contributed by atoms with van der Waals surface area (Å²) in [6.07, 6.45) is 6.69. The van der Waals surface area contributed by atoms with Crippen LogP contribution in [0.2, 0.25) is 0 Å². The predicted octanol–water partition coefficient (Wildman–Crippen LogP) is 1.82. The highest BCUT2D eigenvalue weighted by molar-refractivity contribution is 9.10. The first-order valence-corrected chi connectivity index (χ1v) is 6.90. The second-order valence-corrected chi connectivity index (χ2v) is 5.33. The molecule has 0 saturated carbocycles. The third-order valence-corrected chi connectivity index (χ3v) is 3.40. The van der Waals surface area contributed by atoms with Crippen molar-refractivity contribution in [1.29, 1.82) is 0 Å². The highest BCUT2D eigenvalue weighted by Crippen LogP contribution is 2.29. The Kier molecular flexibility index (Phi) is 4.66. The van der Waals surface area contributed by atoms with Crippen LogP contribution in [0.1, 0.15) is 12.0 Å². The van der Waals surface area contributed by atoms with E-state index in [1.165, 1.54) is 0 Å². The number of carboxylic acid groups (broad SMARTS) is 1. The zero-order chi connectivity index (χ0) is 15.4. The highest BCUT2D eigenvalue weighted by Gasteiger charge is 2.23. The van der Waals surface area contributed by atoms with E-state index in [-0.39, 0.29) is 13.0 Å². The number of carbonyl (C=O) groups excluding carboxylic acids is 1. The molecule has 0 aromatic heterocycles. The molecular formula is C15H12BrNO4. The average molecular weight is 350 g/mol. The van der Waals surface area contributed by atoms with Gasteiger partial charge in [0.2, 0.25) is 0 Å². The molecule has 1 atom stereocenters. The Morgan fingerprint density at radius 3 is 2.95 bits per heavy atom. The number of halogens is 1. The van der Waals surface area contributed by atoms with E-state index in [1.54, 1.807) is 12.1 Å². The number of fused-ring (bicyclic) bond motifs is 1. The van der Waals surface area contributed by atoms with E-state index >= 15 is 0 Å². The van der Waals surface area contributed by atoms with Crippen molar-refractivity contribution in [3.05, 3.63) is 33.8 Å². The number of benzene rings is 1. The molecule has 108 valence electrons. The Bertz CT molecular complexity index is 660. The molecule has 1 aliphatic heterocycles. The van der Waals surface area contributed by atoms with Crippen LogP contribution in [0.4, 0.5) is 0 Å². The fourth-order valence-electron chi connectivity index (χ4n) is 1.85. The summed E-state index contributed by atoms with van der Waals surface area (Å²) >= 11 is 3.34. The molecule has 6 heteroatoms. The Hall–Kier alpha value is -2.26. The number of hydrogen-bond acceptors (Lipinski definition) is 3. The lowest BCUT2D eigenvalue weighted by Crippen LogP contribution is -2.42. The molecule has 1 aromatic rings.